The molecule has 1 atom stereocenters. The van der Waals surface area contributed by atoms with Gasteiger partial charge in [0.25, 0.3) is 0 Å². The predicted octanol–water partition coefficient (Wildman–Crippen LogP) is 5.82. The molecule has 1 unspecified atom stereocenters. The van der Waals surface area contributed by atoms with Crippen molar-refractivity contribution < 1.29 is 9.59 Å². The fourth-order valence-corrected chi connectivity index (χ4v) is 4.88. The number of rotatable bonds is 8. The third kappa shape index (κ3) is 4.79. The van der Waals surface area contributed by atoms with Gasteiger partial charge in [-0.25, -0.2) is 0 Å². The molecule has 1 amide bonds. The van der Waals surface area contributed by atoms with Crippen molar-refractivity contribution in [2.75, 3.05) is 5.32 Å². The van der Waals surface area contributed by atoms with E-state index < -0.39 is 5.25 Å². The van der Waals surface area contributed by atoms with Gasteiger partial charge >= 0.3 is 0 Å². The molecule has 1 N–H and O–H groups in total. The summed E-state index contributed by atoms with van der Waals surface area (Å²) in [6.07, 6.45) is 2.20. The lowest BCUT2D eigenvalue weighted by molar-refractivity contribution is -0.115. The van der Waals surface area contributed by atoms with Crippen LogP contribution in [0.1, 0.15) is 52.7 Å². The Morgan fingerprint density at radius 2 is 1.65 bits per heavy atom. The van der Waals surface area contributed by atoms with Crippen LogP contribution < -0.4 is 5.32 Å². The third-order valence-electron chi connectivity index (χ3n) is 5.72. The van der Waals surface area contributed by atoms with Crippen LogP contribution in [0.4, 0.5) is 5.69 Å². The Morgan fingerprint density at radius 3 is 2.32 bits per heavy atom. The SMILES string of the molecule is CC(=O)c1cccc(NC(=O)C(Sc2nnc(C3CC3)n2-c2ccccc2)c2ccccc2)c1. The van der Waals surface area contributed by atoms with Crippen LogP contribution >= 0.6 is 11.8 Å². The first-order valence-corrected chi connectivity index (χ1v) is 12.1. The Morgan fingerprint density at radius 1 is 0.941 bits per heavy atom. The molecular weight excluding hydrogens is 444 g/mol. The molecule has 170 valence electrons. The molecule has 1 heterocycles. The molecule has 7 heteroatoms. The zero-order chi connectivity index (χ0) is 23.5. The van der Waals surface area contributed by atoms with Gasteiger partial charge in [0, 0.05) is 22.9 Å². The molecule has 0 spiro atoms. The van der Waals surface area contributed by atoms with Crippen LogP contribution in [0.2, 0.25) is 0 Å². The van der Waals surface area contributed by atoms with E-state index in [0.29, 0.717) is 22.3 Å². The lowest BCUT2D eigenvalue weighted by Gasteiger charge is -2.18. The monoisotopic (exact) mass is 468 g/mol. The van der Waals surface area contributed by atoms with Gasteiger partial charge in [0.1, 0.15) is 11.1 Å². The van der Waals surface area contributed by atoms with Crippen LogP contribution in [0, 0.1) is 0 Å². The fraction of sp³-hybridized carbons (Fsp3) is 0.185. The molecule has 0 bridgehead atoms. The molecule has 4 aromatic rings. The lowest BCUT2D eigenvalue weighted by atomic mass is 10.1. The number of amides is 1. The van der Waals surface area contributed by atoms with Gasteiger partial charge in [-0.05, 0) is 49.6 Å². The first-order valence-electron chi connectivity index (χ1n) is 11.2. The van der Waals surface area contributed by atoms with Crippen LogP contribution in [0.3, 0.4) is 0 Å². The molecule has 34 heavy (non-hydrogen) atoms. The Labute approximate surface area is 202 Å². The first kappa shape index (κ1) is 22.1. The van der Waals surface area contributed by atoms with Crippen LogP contribution in [0.5, 0.6) is 0 Å². The third-order valence-corrected chi connectivity index (χ3v) is 6.91. The second-order valence-electron chi connectivity index (χ2n) is 8.32. The number of nitrogens with zero attached hydrogens (tertiary/aromatic N) is 3. The Balaban J connectivity index is 1.49. The number of carbonyl (C=O) groups excluding carboxylic acids is 2. The molecule has 1 saturated carbocycles. The number of benzene rings is 3. The van der Waals surface area contributed by atoms with Gasteiger partial charge < -0.3 is 5.32 Å². The minimum atomic E-state index is -0.555. The molecule has 0 saturated heterocycles. The van der Waals surface area contributed by atoms with E-state index in [-0.39, 0.29) is 11.7 Å². The van der Waals surface area contributed by atoms with Gasteiger partial charge in [-0.3, -0.25) is 14.2 Å². The number of carbonyl (C=O) groups is 2. The smallest absolute Gasteiger partial charge is 0.242 e. The molecule has 6 nitrogen and oxygen atoms in total. The molecule has 0 aliphatic heterocycles. The van der Waals surface area contributed by atoms with Crippen molar-refractivity contribution in [2.45, 2.75) is 36.1 Å². The van der Waals surface area contributed by atoms with Crippen LogP contribution in [-0.2, 0) is 4.79 Å². The van der Waals surface area contributed by atoms with Crippen molar-refractivity contribution in [1.82, 2.24) is 14.8 Å². The molecule has 0 radical (unpaired) electrons. The maximum Gasteiger partial charge on any atom is 0.242 e. The quantitative estimate of drug-likeness (QED) is 0.260. The molecule has 1 fully saturated rings. The van der Waals surface area contributed by atoms with Crippen molar-refractivity contribution in [2.24, 2.45) is 0 Å². The van der Waals surface area contributed by atoms with E-state index >= 15 is 0 Å². The standard InChI is InChI=1S/C27H24N4O2S/c1-18(32)21-11-8-12-22(17-21)28-26(33)24(19-9-4-2-5-10-19)34-27-30-29-25(20-15-16-20)31(27)23-13-6-3-7-14-23/h2-14,17,20,24H,15-16H2,1H3,(H,28,33). The van der Waals surface area contributed by atoms with E-state index in [1.54, 1.807) is 24.3 Å². The van der Waals surface area contributed by atoms with Gasteiger partial charge in [-0.1, -0.05) is 72.4 Å². The van der Waals surface area contributed by atoms with E-state index in [9.17, 15) is 9.59 Å². The number of thioether (sulfide) groups is 1. The summed E-state index contributed by atoms with van der Waals surface area (Å²) >= 11 is 1.38. The maximum absolute atomic E-state index is 13.5. The van der Waals surface area contributed by atoms with Gasteiger partial charge in [0.2, 0.25) is 5.91 Å². The van der Waals surface area contributed by atoms with Crippen LogP contribution in [0.25, 0.3) is 5.69 Å². The maximum atomic E-state index is 13.5. The lowest BCUT2D eigenvalue weighted by Crippen LogP contribution is -2.19. The topological polar surface area (TPSA) is 76.9 Å². The second kappa shape index (κ2) is 9.65. The number of nitrogens with one attached hydrogen (secondary N) is 1. The summed E-state index contributed by atoms with van der Waals surface area (Å²) in [5, 5.41) is 12.1. The molecule has 1 aromatic heterocycles. The van der Waals surface area contributed by atoms with E-state index in [1.165, 1.54) is 18.7 Å². The molecule has 3 aromatic carbocycles. The van der Waals surface area contributed by atoms with E-state index in [4.69, 9.17) is 0 Å². The van der Waals surface area contributed by atoms with Gasteiger partial charge in [-0.15, -0.1) is 10.2 Å². The number of Topliss-reactive ketones (excluding diaryl/α,β-unsaturated/α-hetero) is 1. The minimum Gasteiger partial charge on any atom is -0.325 e. The van der Waals surface area contributed by atoms with Crippen LogP contribution in [-0.4, -0.2) is 26.5 Å². The van der Waals surface area contributed by atoms with E-state index in [0.717, 1.165) is 29.9 Å². The van der Waals surface area contributed by atoms with Gasteiger partial charge in [0.15, 0.2) is 10.9 Å². The first-order chi connectivity index (χ1) is 16.6. The fourth-order valence-electron chi connectivity index (χ4n) is 3.81. The average Bonchev–Trinajstić information content (AvgIpc) is 3.63. The minimum absolute atomic E-state index is 0.0475. The van der Waals surface area contributed by atoms with Crippen molar-refractivity contribution in [3.05, 3.63) is 102 Å². The predicted molar refractivity (Wildman–Crippen MR) is 133 cm³/mol. The van der Waals surface area contributed by atoms with Crippen molar-refractivity contribution in [3.63, 3.8) is 0 Å². The molecule has 1 aliphatic carbocycles. The summed E-state index contributed by atoms with van der Waals surface area (Å²) in [5.74, 6) is 1.11. The summed E-state index contributed by atoms with van der Waals surface area (Å²) < 4.78 is 2.07. The second-order valence-corrected chi connectivity index (χ2v) is 9.39. The summed E-state index contributed by atoms with van der Waals surface area (Å²) in [6, 6.07) is 26.7. The zero-order valence-corrected chi connectivity index (χ0v) is 19.5. The van der Waals surface area contributed by atoms with Crippen molar-refractivity contribution in [3.8, 4) is 5.69 Å². The highest BCUT2D eigenvalue weighted by Gasteiger charge is 2.33. The van der Waals surface area contributed by atoms with Crippen molar-refractivity contribution in [1.29, 1.82) is 0 Å². The van der Waals surface area contributed by atoms with Crippen molar-refractivity contribution >= 4 is 29.1 Å². The van der Waals surface area contributed by atoms with Gasteiger partial charge in [0.05, 0.1) is 0 Å². The summed E-state index contributed by atoms with van der Waals surface area (Å²) in [6.45, 7) is 1.51. The number of aromatic nitrogens is 3. The van der Waals surface area contributed by atoms with Crippen LogP contribution in [0.15, 0.2) is 90.1 Å². The summed E-state index contributed by atoms with van der Waals surface area (Å²) in [5.41, 5.74) is 2.99. The normalized spacial score (nSPS) is 13.9. The Hall–Kier alpha value is -3.71. The number of para-hydroxylation sites is 1. The largest absolute Gasteiger partial charge is 0.325 e. The molecule has 5 rings (SSSR count). The number of hydrogen-bond acceptors (Lipinski definition) is 5. The van der Waals surface area contributed by atoms with E-state index in [2.05, 4.69) is 20.1 Å². The Bertz CT molecular complexity index is 1320. The molecule has 1 aliphatic rings. The Kier molecular flexibility index (Phi) is 6.27. The highest BCUT2D eigenvalue weighted by atomic mass is 32.2. The molecular formula is C27H24N4O2S. The zero-order valence-electron chi connectivity index (χ0n) is 18.7. The summed E-state index contributed by atoms with van der Waals surface area (Å²) in [7, 11) is 0. The highest BCUT2D eigenvalue weighted by molar-refractivity contribution is 8.00. The average molecular weight is 469 g/mol. The van der Waals surface area contributed by atoms with Gasteiger partial charge in [-0.2, -0.15) is 0 Å². The number of hydrogen-bond donors (Lipinski definition) is 1. The summed E-state index contributed by atoms with van der Waals surface area (Å²) in [4.78, 5) is 25.3. The number of ketones is 1. The van der Waals surface area contributed by atoms with E-state index in [1.807, 2.05) is 60.7 Å². The highest BCUT2D eigenvalue weighted by Crippen LogP contribution is 2.43. The number of anilines is 1.